The molecule has 0 aromatic heterocycles. The number of aliphatic hydroxyl groups excluding tert-OH is 2. The van der Waals surface area contributed by atoms with E-state index < -0.39 is 0 Å². The van der Waals surface area contributed by atoms with Gasteiger partial charge >= 0.3 is 0 Å². The van der Waals surface area contributed by atoms with Crippen LogP contribution < -0.4 is 0 Å². The summed E-state index contributed by atoms with van der Waals surface area (Å²) in [5.74, 6) is 1.49. The number of piperidine rings is 1. The minimum absolute atomic E-state index is 0.172. The number of rotatable bonds is 4. The van der Waals surface area contributed by atoms with Gasteiger partial charge in [-0.05, 0) is 50.4 Å². The quantitative estimate of drug-likeness (QED) is 0.751. The zero-order valence-corrected chi connectivity index (χ0v) is 11.3. The lowest BCUT2D eigenvalue weighted by atomic mass is 9.81. The maximum Gasteiger partial charge on any atom is 0.0587 e. The van der Waals surface area contributed by atoms with Gasteiger partial charge in [-0.1, -0.05) is 6.08 Å². The Morgan fingerprint density at radius 1 is 1.17 bits per heavy atom. The van der Waals surface area contributed by atoms with E-state index in [1.165, 1.54) is 25.7 Å². The van der Waals surface area contributed by atoms with Crippen molar-refractivity contribution in [3.05, 3.63) is 12.7 Å². The summed E-state index contributed by atoms with van der Waals surface area (Å²) < 4.78 is 0. The van der Waals surface area contributed by atoms with Crippen LogP contribution in [0.25, 0.3) is 0 Å². The van der Waals surface area contributed by atoms with Crippen molar-refractivity contribution < 1.29 is 10.2 Å². The number of allylic oxidation sites excluding steroid dienone is 1. The van der Waals surface area contributed by atoms with Crippen LogP contribution in [-0.4, -0.2) is 47.0 Å². The van der Waals surface area contributed by atoms with Gasteiger partial charge in [0.2, 0.25) is 0 Å². The summed E-state index contributed by atoms with van der Waals surface area (Å²) in [6.07, 6.45) is 8.60. The molecular weight excluding hydrogens is 226 g/mol. The highest BCUT2D eigenvalue weighted by Crippen LogP contribution is 2.31. The van der Waals surface area contributed by atoms with E-state index >= 15 is 0 Å². The van der Waals surface area contributed by atoms with Gasteiger partial charge in [-0.25, -0.2) is 0 Å². The van der Waals surface area contributed by atoms with Crippen molar-refractivity contribution in [2.75, 3.05) is 19.7 Å². The van der Waals surface area contributed by atoms with Crippen molar-refractivity contribution in [1.29, 1.82) is 0 Å². The number of nitrogens with zero attached hydrogens (tertiary/aromatic N) is 1. The number of hydrogen-bond acceptors (Lipinski definition) is 3. The molecule has 1 aliphatic heterocycles. The minimum atomic E-state index is -0.213. The van der Waals surface area contributed by atoms with Crippen molar-refractivity contribution in [1.82, 2.24) is 4.90 Å². The van der Waals surface area contributed by atoms with E-state index in [-0.39, 0.29) is 18.8 Å². The van der Waals surface area contributed by atoms with Gasteiger partial charge < -0.3 is 10.2 Å². The fraction of sp³-hybridized carbons (Fsp3) is 0.867. The third kappa shape index (κ3) is 3.56. The molecular formula is C15H27NO2. The van der Waals surface area contributed by atoms with Crippen LogP contribution in [0.15, 0.2) is 12.7 Å². The minimum Gasteiger partial charge on any atom is -0.395 e. The van der Waals surface area contributed by atoms with E-state index in [2.05, 4.69) is 17.6 Å². The SMILES string of the molecule is C=CC1CCC(CN2CCC(O)CC2CO)CC1. The second kappa shape index (κ2) is 6.69. The Balaban J connectivity index is 1.80. The molecule has 0 radical (unpaired) electrons. The van der Waals surface area contributed by atoms with E-state index in [0.717, 1.165) is 37.8 Å². The maximum absolute atomic E-state index is 9.65. The van der Waals surface area contributed by atoms with Gasteiger partial charge in [-0.3, -0.25) is 4.90 Å². The van der Waals surface area contributed by atoms with Crippen molar-refractivity contribution in [3.8, 4) is 0 Å². The molecule has 1 aliphatic carbocycles. The summed E-state index contributed by atoms with van der Waals surface area (Å²) in [6, 6.07) is 0.172. The van der Waals surface area contributed by atoms with Gasteiger partial charge in [0.25, 0.3) is 0 Å². The summed E-state index contributed by atoms with van der Waals surface area (Å²) in [5.41, 5.74) is 0. The molecule has 2 unspecified atom stereocenters. The molecule has 3 nitrogen and oxygen atoms in total. The lowest BCUT2D eigenvalue weighted by Crippen LogP contribution is -2.48. The molecule has 18 heavy (non-hydrogen) atoms. The molecule has 0 aromatic carbocycles. The molecule has 2 fully saturated rings. The molecule has 1 saturated heterocycles. The molecule has 0 amide bonds. The Morgan fingerprint density at radius 2 is 1.89 bits per heavy atom. The highest BCUT2D eigenvalue weighted by Gasteiger charge is 2.29. The Hall–Kier alpha value is -0.380. The highest BCUT2D eigenvalue weighted by molar-refractivity contribution is 4.87. The molecule has 0 bridgehead atoms. The van der Waals surface area contributed by atoms with Gasteiger partial charge in [0.15, 0.2) is 0 Å². The van der Waals surface area contributed by atoms with Gasteiger partial charge in [0.05, 0.1) is 12.7 Å². The van der Waals surface area contributed by atoms with Crippen LogP contribution >= 0.6 is 0 Å². The molecule has 2 N–H and O–H groups in total. The molecule has 1 saturated carbocycles. The Kier molecular flexibility index (Phi) is 5.22. The normalized spacial score (nSPS) is 38.6. The fourth-order valence-electron chi connectivity index (χ4n) is 3.45. The second-order valence-corrected chi connectivity index (χ2v) is 6.03. The van der Waals surface area contributed by atoms with Gasteiger partial charge in [-0.2, -0.15) is 0 Å². The monoisotopic (exact) mass is 253 g/mol. The van der Waals surface area contributed by atoms with E-state index in [1.807, 2.05) is 0 Å². The van der Waals surface area contributed by atoms with Crippen molar-refractivity contribution in [2.45, 2.75) is 50.7 Å². The smallest absolute Gasteiger partial charge is 0.0587 e. The third-order valence-electron chi connectivity index (χ3n) is 4.74. The molecule has 104 valence electrons. The summed E-state index contributed by atoms with van der Waals surface area (Å²) in [4.78, 5) is 2.39. The van der Waals surface area contributed by atoms with Crippen molar-refractivity contribution >= 4 is 0 Å². The Bertz CT molecular complexity index is 261. The van der Waals surface area contributed by atoms with E-state index in [1.54, 1.807) is 0 Å². The summed E-state index contributed by atoms with van der Waals surface area (Å²) in [5, 5.41) is 19.1. The van der Waals surface area contributed by atoms with Crippen LogP contribution in [0.5, 0.6) is 0 Å². The largest absolute Gasteiger partial charge is 0.395 e. The average Bonchev–Trinajstić information content (AvgIpc) is 2.41. The zero-order chi connectivity index (χ0) is 13.0. The van der Waals surface area contributed by atoms with Gasteiger partial charge in [0, 0.05) is 19.1 Å². The molecule has 0 aromatic rings. The summed E-state index contributed by atoms with van der Waals surface area (Å²) in [6.45, 7) is 6.10. The predicted molar refractivity (Wildman–Crippen MR) is 73.3 cm³/mol. The standard InChI is InChI=1S/C15H27NO2/c1-2-12-3-5-13(6-4-12)10-16-8-7-15(18)9-14(16)11-17/h2,12-15,17-18H,1,3-11H2. The molecule has 2 aliphatic rings. The molecule has 2 rings (SSSR count). The van der Waals surface area contributed by atoms with Crippen LogP contribution in [0.1, 0.15) is 38.5 Å². The van der Waals surface area contributed by atoms with Gasteiger partial charge in [-0.15, -0.1) is 6.58 Å². The third-order valence-corrected chi connectivity index (χ3v) is 4.74. The first-order valence-electron chi connectivity index (χ1n) is 7.38. The fourth-order valence-corrected chi connectivity index (χ4v) is 3.45. The predicted octanol–water partition coefficient (Wildman–Crippen LogP) is 1.80. The zero-order valence-electron chi connectivity index (χ0n) is 11.3. The van der Waals surface area contributed by atoms with Crippen LogP contribution in [-0.2, 0) is 0 Å². The highest BCUT2D eigenvalue weighted by atomic mass is 16.3. The first kappa shape index (κ1) is 14.0. The second-order valence-electron chi connectivity index (χ2n) is 6.03. The number of likely N-dealkylation sites (tertiary alicyclic amines) is 1. The van der Waals surface area contributed by atoms with Crippen LogP contribution in [0.3, 0.4) is 0 Å². The Morgan fingerprint density at radius 3 is 2.50 bits per heavy atom. The number of hydrogen-bond donors (Lipinski definition) is 2. The molecule has 0 spiro atoms. The van der Waals surface area contributed by atoms with Crippen molar-refractivity contribution in [2.24, 2.45) is 11.8 Å². The molecule has 1 heterocycles. The average molecular weight is 253 g/mol. The van der Waals surface area contributed by atoms with E-state index in [0.29, 0.717) is 0 Å². The first-order chi connectivity index (χ1) is 8.72. The lowest BCUT2D eigenvalue weighted by molar-refractivity contribution is 0.00607. The molecule has 2 atom stereocenters. The maximum atomic E-state index is 9.65. The topological polar surface area (TPSA) is 43.7 Å². The summed E-state index contributed by atoms with van der Waals surface area (Å²) in [7, 11) is 0. The van der Waals surface area contributed by atoms with Gasteiger partial charge in [0.1, 0.15) is 0 Å². The van der Waals surface area contributed by atoms with Crippen LogP contribution in [0, 0.1) is 11.8 Å². The van der Waals surface area contributed by atoms with Crippen LogP contribution in [0.4, 0.5) is 0 Å². The first-order valence-corrected chi connectivity index (χ1v) is 7.38. The van der Waals surface area contributed by atoms with Crippen LogP contribution in [0.2, 0.25) is 0 Å². The Labute approximate surface area is 110 Å². The van der Waals surface area contributed by atoms with E-state index in [4.69, 9.17) is 0 Å². The van der Waals surface area contributed by atoms with Crippen molar-refractivity contribution in [3.63, 3.8) is 0 Å². The summed E-state index contributed by atoms with van der Waals surface area (Å²) >= 11 is 0. The number of aliphatic hydroxyl groups is 2. The van der Waals surface area contributed by atoms with E-state index in [9.17, 15) is 10.2 Å². The molecule has 3 heteroatoms. The lowest BCUT2D eigenvalue weighted by Gasteiger charge is -2.40.